The molecule has 0 bridgehead atoms. The third-order valence-corrected chi connectivity index (χ3v) is 5.01. The lowest BCUT2D eigenvalue weighted by Gasteiger charge is -2.27. The van der Waals surface area contributed by atoms with Gasteiger partial charge in [0.1, 0.15) is 16.4 Å². The molecule has 152 valence electrons. The summed E-state index contributed by atoms with van der Waals surface area (Å²) in [4.78, 5) is 14.0. The summed E-state index contributed by atoms with van der Waals surface area (Å²) in [7, 11) is 0. The van der Waals surface area contributed by atoms with E-state index in [9.17, 15) is 18.0 Å². The molecule has 1 aliphatic rings. The molecule has 0 radical (unpaired) electrons. The molecule has 0 saturated carbocycles. The monoisotopic (exact) mass is 415 g/mol. The molecule has 2 heterocycles. The van der Waals surface area contributed by atoms with Crippen molar-refractivity contribution in [1.29, 1.82) is 0 Å². The number of likely N-dealkylation sites (tertiary alicyclic amines) is 1. The highest BCUT2D eigenvalue weighted by Crippen LogP contribution is 2.39. The highest BCUT2D eigenvalue weighted by atomic mass is 32.1. The molecule has 1 saturated heterocycles. The Hall–Kier alpha value is -2.36. The maximum Gasteiger partial charge on any atom is 0.573 e. The van der Waals surface area contributed by atoms with Gasteiger partial charge < -0.3 is 9.47 Å². The average Bonchev–Trinajstić information content (AvgIpc) is 3.21. The molecule has 1 unspecified atom stereocenters. The Balaban J connectivity index is 1.84. The summed E-state index contributed by atoms with van der Waals surface area (Å²) < 4.78 is 47.5. The molecule has 0 spiro atoms. The van der Waals surface area contributed by atoms with E-state index in [0.717, 1.165) is 17.8 Å². The molecule has 1 atom stereocenters. The van der Waals surface area contributed by atoms with E-state index >= 15 is 0 Å². The topological polar surface area (TPSA) is 64.5 Å². The molecule has 28 heavy (non-hydrogen) atoms. The van der Waals surface area contributed by atoms with Crippen LogP contribution in [0.15, 0.2) is 24.3 Å². The van der Waals surface area contributed by atoms with Gasteiger partial charge in [-0.2, -0.15) is 0 Å². The number of amides is 1. The van der Waals surface area contributed by atoms with Crippen molar-refractivity contribution < 1.29 is 27.4 Å². The number of hydrogen-bond donors (Lipinski definition) is 0. The molecule has 0 aliphatic carbocycles. The first-order chi connectivity index (χ1) is 13.0. The first-order valence-corrected chi connectivity index (χ1v) is 9.53. The van der Waals surface area contributed by atoms with Crippen LogP contribution in [-0.2, 0) is 4.74 Å². The second kappa shape index (κ2) is 7.57. The predicted octanol–water partition coefficient (Wildman–Crippen LogP) is 5.18. The minimum atomic E-state index is -4.80. The van der Waals surface area contributed by atoms with E-state index in [-0.39, 0.29) is 17.4 Å². The van der Waals surface area contributed by atoms with Gasteiger partial charge in [0, 0.05) is 6.54 Å². The molecule has 0 N–H and O–H groups in total. The van der Waals surface area contributed by atoms with Crippen molar-refractivity contribution >= 4 is 17.4 Å². The van der Waals surface area contributed by atoms with Gasteiger partial charge in [-0.3, -0.25) is 4.90 Å². The summed E-state index contributed by atoms with van der Waals surface area (Å²) >= 11 is 1.14. The van der Waals surface area contributed by atoms with Crippen LogP contribution in [0.5, 0.6) is 5.75 Å². The number of carbonyl (C=O) groups is 1. The minimum absolute atomic E-state index is 0.199. The zero-order valence-corrected chi connectivity index (χ0v) is 16.4. The Labute approximate surface area is 164 Å². The maximum atomic E-state index is 12.7. The molecule has 10 heteroatoms. The summed E-state index contributed by atoms with van der Waals surface area (Å²) in [6.45, 7) is 5.89. The Kier molecular flexibility index (Phi) is 5.51. The van der Waals surface area contributed by atoms with Gasteiger partial charge in [0.2, 0.25) is 0 Å². The van der Waals surface area contributed by atoms with Gasteiger partial charge in [-0.15, -0.1) is 23.4 Å². The van der Waals surface area contributed by atoms with E-state index in [1.54, 1.807) is 31.7 Å². The molecule has 3 rings (SSSR count). The van der Waals surface area contributed by atoms with Crippen molar-refractivity contribution in [3.05, 3.63) is 29.3 Å². The van der Waals surface area contributed by atoms with E-state index in [2.05, 4.69) is 14.9 Å². The van der Waals surface area contributed by atoms with E-state index in [4.69, 9.17) is 4.74 Å². The first kappa shape index (κ1) is 20.4. The first-order valence-electron chi connectivity index (χ1n) is 8.72. The maximum absolute atomic E-state index is 12.7. The number of hydrogen-bond acceptors (Lipinski definition) is 6. The van der Waals surface area contributed by atoms with Crippen LogP contribution in [0.4, 0.5) is 18.0 Å². The van der Waals surface area contributed by atoms with Crippen molar-refractivity contribution in [3.63, 3.8) is 0 Å². The number of ether oxygens (including phenoxy) is 2. The van der Waals surface area contributed by atoms with Gasteiger partial charge in [-0.05, 0) is 45.7 Å². The highest BCUT2D eigenvalue weighted by molar-refractivity contribution is 7.14. The Morgan fingerprint density at radius 2 is 1.93 bits per heavy atom. The van der Waals surface area contributed by atoms with Crippen molar-refractivity contribution in [2.24, 2.45) is 0 Å². The summed E-state index contributed by atoms with van der Waals surface area (Å²) in [5.74, 6) is -0.340. The van der Waals surface area contributed by atoms with Crippen LogP contribution in [-0.4, -0.2) is 39.7 Å². The number of para-hydroxylation sites is 1. The third kappa shape index (κ3) is 4.92. The molecular formula is C18H20F3N3O3S. The Bertz CT molecular complexity index is 848. The normalized spacial score (nSPS) is 17.6. The second-order valence-electron chi connectivity index (χ2n) is 7.32. The predicted molar refractivity (Wildman–Crippen MR) is 96.9 cm³/mol. The summed E-state index contributed by atoms with van der Waals surface area (Å²) in [5.41, 5.74) is -0.421. The van der Waals surface area contributed by atoms with Crippen LogP contribution < -0.4 is 4.74 Å². The summed E-state index contributed by atoms with van der Waals surface area (Å²) in [6.07, 6.45) is -3.77. The van der Waals surface area contributed by atoms with E-state index in [0.29, 0.717) is 23.0 Å². The van der Waals surface area contributed by atoms with Gasteiger partial charge in [0.05, 0.1) is 11.6 Å². The zero-order valence-electron chi connectivity index (χ0n) is 15.6. The number of halogens is 3. The number of benzene rings is 1. The van der Waals surface area contributed by atoms with Crippen molar-refractivity contribution in [2.75, 3.05) is 6.54 Å². The molecule has 2 aromatic rings. The fourth-order valence-corrected chi connectivity index (χ4v) is 3.92. The largest absolute Gasteiger partial charge is 0.573 e. The standard InChI is InChI=1S/C18H20F3N3O3S/c1-17(2,3)27-16(25)24-10-6-8-12(24)15-23-22-14(28-15)11-7-4-5-9-13(11)26-18(19,20)21/h4-5,7,9,12H,6,8,10H2,1-3H3. The van der Waals surface area contributed by atoms with Crippen molar-refractivity contribution in [1.82, 2.24) is 15.1 Å². The second-order valence-corrected chi connectivity index (χ2v) is 8.33. The average molecular weight is 415 g/mol. The van der Waals surface area contributed by atoms with Crippen molar-refractivity contribution in [3.8, 4) is 16.3 Å². The third-order valence-electron chi connectivity index (χ3n) is 3.95. The smallest absolute Gasteiger partial charge is 0.444 e. The molecule has 1 fully saturated rings. The lowest BCUT2D eigenvalue weighted by molar-refractivity contribution is -0.274. The Morgan fingerprint density at radius 1 is 1.21 bits per heavy atom. The SMILES string of the molecule is CC(C)(C)OC(=O)N1CCCC1c1nnc(-c2ccccc2OC(F)(F)F)s1. The molecule has 1 amide bonds. The van der Waals surface area contributed by atoms with E-state index in [1.165, 1.54) is 18.2 Å². The number of nitrogens with zero attached hydrogens (tertiary/aromatic N) is 3. The minimum Gasteiger partial charge on any atom is -0.444 e. The van der Waals surface area contributed by atoms with Crippen LogP contribution in [0, 0.1) is 0 Å². The van der Waals surface area contributed by atoms with Gasteiger partial charge in [0.15, 0.2) is 5.01 Å². The van der Waals surface area contributed by atoms with Crippen LogP contribution in [0.1, 0.15) is 44.7 Å². The van der Waals surface area contributed by atoms with Crippen LogP contribution in [0.3, 0.4) is 0 Å². The lowest BCUT2D eigenvalue weighted by Crippen LogP contribution is -2.36. The number of rotatable bonds is 3. The molecule has 1 aromatic heterocycles. The van der Waals surface area contributed by atoms with Gasteiger partial charge >= 0.3 is 12.5 Å². The van der Waals surface area contributed by atoms with Crippen LogP contribution in [0.2, 0.25) is 0 Å². The molecule has 6 nitrogen and oxygen atoms in total. The number of alkyl halides is 3. The highest BCUT2D eigenvalue weighted by Gasteiger charge is 2.36. The zero-order chi connectivity index (χ0) is 20.5. The lowest BCUT2D eigenvalue weighted by atomic mass is 10.2. The molecule has 1 aromatic carbocycles. The van der Waals surface area contributed by atoms with Crippen LogP contribution >= 0.6 is 11.3 Å². The Morgan fingerprint density at radius 3 is 2.61 bits per heavy atom. The van der Waals surface area contributed by atoms with Crippen molar-refractivity contribution in [2.45, 2.75) is 51.6 Å². The number of carbonyl (C=O) groups excluding carboxylic acids is 1. The fourth-order valence-electron chi connectivity index (χ4n) is 2.90. The summed E-state index contributed by atoms with van der Waals surface area (Å²) in [6, 6.07) is 5.46. The van der Waals surface area contributed by atoms with Gasteiger partial charge in [-0.1, -0.05) is 23.5 Å². The summed E-state index contributed by atoms with van der Waals surface area (Å²) in [5, 5.41) is 9.01. The van der Waals surface area contributed by atoms with Crippen LogP contribution in [0.25, 0.3) is 10.6 Å². The van der Waals surface area contributed by atoms with E-state index in [1.807, 2.05) is 0 Å². The van der Waals surface area contributed by atoms with Gasteiger partial charge in [0.25, 0.3) is 0 Å². The quantitative estimate of drug-likeness (QED) is 0.692. The van der Waals surface area contributed by atoms with E-state index < -0.39 is 18.1 Å². The fraction of sp³-hybridized carbons (Fsp3) is 0.500. The van der Waals surface area contributed by atoms with Gasteiger partial charge in [-0.25, -0.2) is 4.79 Å². The number of aromatic nitrogens is 2. The molecular weight excluding hydrogens is 395 g/mol. The molecule has 1 aliphatic heterocycles.